The van der Waals surface area contributed by atoms with E-state index in [0.29, 0.717) is 25.3 Å². The first kappa shape index (κ1) is 15.4. The molecule has 1 aromatic rings. The van der Waals surface area contributed by atoms with E-state index in [0.717, 1.165) is 6.07 Å². The standard InChI is InChI=1S/C12H14F5P/c13-5-3-1-2-4-11(16)18-10-7-8(14)6-9(15)12(10)17/h6-7,11,18H,1-5H2/p+1. The molecule has 6 heteroatoms. The quantitative estimate of drug-likeness (QED) is 0.308. The third-order valence-electron chi connectivity index (χ3n) is 2.50. The normalized spacial score (nSPS) is 13.4. The monoisotopic (exact) mass is 285 g/mol. The molecule has 0 amide bonds. The van der Waals surface area contributed by atoms with Crippen LogP contribution in [0.2, 0.25) is 0 Å². The number of rotatable bonds is 7. The molecule has 1 rings (SSSR count). The van der Waals surface area contributed by atoms with Crippen LogP contribution in [-0.2, 0) is 0 Å². The van der Waals surface area contributed by atoms with Crippen molar-refractivity contribution in [2.45, 2.75) is 31.6 Å². The Morgan fingerprint density at radius 3 is 2.44 bits per heavy atom. The molecule has 0 aliphatic rings. The Labute approximate surface area is 104 Å². The Kier molecular flexibility index (Phi) is 6.55. The molecule has 0 N–H and O–H groups in total. The Bertz CT molecular complexity index is 383. The predicted octanol–water partition coefficient (Wildman–Crippen LogP) is 3.97. The van der Waals surface area contributed by atoms with Gasteiger partial charge in [0.2, 0.25) is 11.7 Å². The molecule has 0 spiro atoms. The molecule has 0 radical (unpaired) electrons. The van der Waals surface area contributed by atoms with Crippen molar-refractivity contribution >= 4 is 13.9 Å². The maximum absolute atomic E-state index is 13.5. The van der Waals surface area contributed by atoms with Gasteiger partial charge in [0.25, 0.3) is 0 Å². The number of hydrogen-bond acceptors (Lipinski definition) is 0. The van der Waals surface area contributed by atoms with E-state index in [2.05, 4.69) is 0 Å². The molecular weight excluding hydrogens is 270 g/mol. The van der Waals surface area contributed by atoms with Gasteiger partial charge in [-0.2, -0.15) is 4.39 Å². The minimum absolute atomic E-state index is 0.174. The summed E-state index contributed by atoms with van der Waals surface area (Å²) >= 11 is 0. The van der Waals surface area contributed by atoms with Crippen molar-refractivity contribution in [2.24, 2.45) is 0 Å². The summed E-state index contributed by atoms with van der Waals surface area (Å²) in [4.78, 5) is 0. The lowest BCUT2D eigenvalue weighted by Crippen LogP contribution is -2.10. The Balaban J connectivity index is 2.51. The van der Waals surface area contributed by atoms with Gasteiger partial charge in [-0.15, -0.1) is 0 Å². The fourth-order valence-electron chi connectivity index (χ4n) is 1.59. The van der Waals surface area contributed by atoms with Crippen molar-refractivity contribution < 1.29 is 22.0 Å². The Hall–Kier alpha value is -0.700. The zero-order valence-corrected chi connectivity index (χ0v) is 10.9. The van der Waals surface area contributed by atoms with Crippen molar-refractivity contribution in [3.05, 3.63) is 29.6 Å². The fraction of sp³-hybridized carbons (Fsp3) is 0.500. The molecule has 2 atom stereocenters. The van der Waals surface area contributed by atoms with Crippen LogP contribution in [0.25, 0.3) is 0 Å². The molecule has 0 fully saturated rings. The maximum atomic E-state index is 13.5. The van der Waals surface area contributed by atoms with Crippen LogP contribution in [0.5, 0.6) is 0 Å². The van der Waals surface area contributed by atoms with Gasteiger partial charge in [-0.3, -0.25) is 4.39 Å². The van der Waals surface area contributed by atoms with Crippen molar-refractivity contribution in [3.63, 3.8) is 0 Å². The van der Waals surface area contributed by atoms with Gasteiger partial charge in [0.1, 0.15) is 11.1 Å². The number of halogens is 5. The van der Waals surface area contributed by atoms with Crippen LogP contribution in [0.4, 0.5) is 22.0 Å². The van der Waals surface area contributed by atoms with Crippen LogP contribution in [0.1, 0.15) is 25.7 Å². The summed E-state index contributed by atoms with van der Waals surface area (Å²) in [5.41, 5.74) is 0. The molecule has 0 aliphatic carbocycles. The zero-order chi connectivity index (χ0) is 13.5. The molecule has 0 nitrogen and oxygen atoms in total. The van der Waals surface area contributed by atoms with Crippen molar-refractivity contribution in [2.75, 3.05) is 6.67 Å². The highest BCUT2D eigenvalue weighted by atomic mass is 31.1. The van der Waals surface area contributed by atoms with E-state index >= 15 is 0 Å². The van der Waals surface area contributed by atoms with E-state index < -0.39 is 38.6 Å². The first-order chi connectivity index (χ1) is 8.54. The van der Waals surface area contributed by atoms with Crippen LogP contribution in [-0.4, -0.2) is 12.6 Å². The summed E-state index contributed by atoms with van der Waals surface area (Å²) in [5.74, 6) is -4.65. The van der Waals surface area contributed by atoms with E-state index in [1.54, 1.807) is 0 Å². The minimum atomic E-state index is -1.29. The highest BCUT2D eigenvalue weighted by Crippen LogP contribution is 2.27. The van der Waals surface area contributed by atoms with Gasteiger partial charge in [-0.25, -0.2) is 13.2 Å². The number of hydrogen-bond donors (Lipinski definition) is 0. The lowest BCUT2D eigenvalue weighted by molar-refractivity contribution is 0.397. The Morgan fingerprint density at radius 1 is 1.06 bits per heavy atom. The fourth-order valence-corrected chi connectivity index (χ4v) is 2.92. The molecule has 102 valence electrons. The van der Waals surface area contributed by atoms with E-state index in [1.807, 2.05) is 0 Å². The van der Waals surface area contributed by atoms with Crippen molar-refractivity contribution in [1.82, 2.24) is 0 Å². The second-order valence-electron chi connectivity index (χ2n) is 4.01. The van der Waals surface area contributed by atoms with Gasteiger partial charge in [0, 0.05) is 18.6 Å². The molecule has 0 aromatic heterocycles. The molecule has 2 unspecified atom stereocenters. The topological polar surface area (TPSA) is 0 Å². The van der Waals surface area contributed by atoms with Gasteiger partial charge < -0.3 is 0 Å². The molecule has 18 heavy (non-hydrogen) atoms. The van der Waals surface area contributed by atoms with Gasteiger partial charge >= 0.3 is 0 Å². The van der Waals surface area contributed by atoms with E-state index in [9.17, 15) is 22.0 Å². The summed E-state index contributed by atoms with van der Waals surface area (Å²) in [7, 11) is -1.17. The van der Waals surface area contributed by atoms with Gasteiger partial charge in [-0.1, -0.05) is 6.42 Å². The average molecular weight is 285 g/mol. The third kappa shape index (κ3) is 4.89. The van der Waals surface area contributed by atoms with E-state index in [1.165, 1.54) is 0 Å². The molecule has 1 aromatic carbocycles. The van der Waals surface area contributed by atoms with Gasteiger partial charge in [0.15, 0.2) is 5.82 Å². The highest BCUT2D eigenvalue weighted by Gasteiger charge is 2.21. The summed E-state index contributed by atoms with van der Waals surface area (Å²) in [6, 6.07) is 1.27. The largest absolute Gasteiger partial charge is 0.251 e. The van der Waals surface area contributed by atoms with E-state index in [4.69, 9.17) is 0 Å². The number of benzene rings is 1. The summed E-state index contributed by atoms with van der Waals surface area (Å²) in [6.45, 7) is -0.437. The second kappa shape index (κ2) is 7.67. The molecule has 0 aliphatic heterocycles. The maximum Gasteiger partial charge on any atom is 0.205 e. The van der Waals surface area contributed by atoms with Crippen LogP contribution in [0, 0.1) is 17.5 Å². The molecule has 0 saturated heterocycles. The number of unbranched alkanes of at least 4 members (excludes halogenated alkanes) is 2. The minimum Gasteiger partial charge on any atom is -0.251 e. The average Bonchev–Trinajstić information content (AvgIpc) is 2.31. The van der Waals surface area contributed by atoms with Crippen LogP contribution < -0.4 is 5.30 Å². The van der Waals surface area contributed by atoms with Crippen LogP contribution >= 0.6 is 8.58 Å². The summed E-state index contributed by atoms with van der Waals surface area (Å²) in [5, 5.41) is -0.217. The lowest BCUT2D eigenvalue weighted by atomic mass is 10.2. The first-order valence-electron chi connectivity index (χ1n) is 5.74. The van der Waals surface area contributed by atoms with E-state index in [-0.39, 0.29) is 11.7 Å². The van der Waals surface area contributed by atoms with Crippen molar-refractivity contribution in [3.8, 4) is 0 Å². The molecule has 0 bridgehead atoms. The second-order valence-corrected chi connectivity index (χ2v) is 5.69. The zero-order valence-electron chi connectivity index (χ0n) is 9.73. The predicted molar refractivity (Wildman–Crippen MR) is 65.0 cm³/mol. The summed E-state index contributed by atoms with van der Waals surface area (Å²) < 4.78 is 64.3. The molecular formula is C12H15F5P+. The Morgan fingerprint density at radius 2 is 1.78 bits per heavy atom. The third-order valence-corrected chi connectivity index (χ3v) is 3.97. The SMILES string of the molecule is FCCCCCC(F)[PH2+]c1cc(F)cc(F)c1F. The molecule has 0 heterocycles. The number of alkyl halides is 2. The summed E-state index contributed by atoms with van der Waals surface area (Å²) in [6.07, 6.45) is 1.62. The smallest absolute Gasteiger partial charge is 0.205 e. The van der Waals surface area contributed by atoms with Gasteiger partial charge in [0.05, 0.1) is 15.3 Å². The van der Waals surface area contributed by atoms with Crippen molar-refractivity contribution in [1.29, 1.82) is 0 Å². The first-order valence-corrected chi connectivity index (χ1v) is 6.98. The van der Waals surface area contributed by atoms with Gasteiger partial charge in [-0.05, 0) is 12.8 Å². The van der Waals surface area contributed by atoms with Crippen LogP contribution in [0.3, 0.4) is 0 Å². The lowest BCUT2D eigenvalue weighted by Gasteiger charge is -2.04. The molecule has 0 saturated carbocycles. The highest BCUT2D eigenvalue weighted by molar-refractivity contribution is 7.47. The van der Waals surface area contributed by atoms with Crippen LogP contribution in [0.15, 0.2) is 12.1 Å².